The summed E-state index contributed by atoms with van der Waals surface area (Å²) in [4.78, 5) is 39.1. The van der Waals surface area contributed by atoms with Crippen LogP contribution in [-0.2, 0) is 21.2 Å². The van der Waals surface area contributed by atoms with E-state index in [2.05, 4.69) is 0 Å². The zero-order chi connectivity index (χ0) is 26.5. The van der Waals surface area contributed by atoms with Gasteiger partial charge in [0.15, 0.2) is 9.84 Å². The molecular formula is C22H23F3N4O6S. The molecule has 1 aliphatic rings. The van der Waals surface area contributed by atoms with Gasteiger partial charge < -0.3 is 9.64 Å². The molecule has 0 aromatic heterocycles. The summed E-state index contributed by atoms with van der Waals surface area (Å²) in [5, 5.41) is 0. The first-order valence-corrected chi connectivity index (χ1v) is 12.4. The molecule has 0 radical (unpaired) electrons. The first-order chi connectivity index (χ1) is 16.9. The number of methoxy groups -OCH3 is 1. The Bertz CT molecular complexity index is 1220. The molecule has 194 valence electrons. The minimum Gasteiger partial charge on any atom is -0.497 e. The van der Waals surface area contributed by atoms with Crippen LogP contribution in [0, 0.1) is 0 Å². The van der Waals surface area contributed by atoms with Crippen molar-refractivity contribution in [3.05, 3.63) is 59.7 Å². The number of urea groups is 1. The van der Waals surface area contributed by atoms with Crippen molar-refractivity contribution >= 4 is 33.4 Å². The highest BCUT2D eigenvalue weighted by Gasteiger charge is 2.39. The molecule has 0 unspecified atom stereocenters. The van der Waals surface area contributed by atoms with Crippen molar-refractivity contribution in [2.45, 2.75) is 12.7 Å². The third kappa shape index (κ3) is 6.87. The number of rotatable bonds is 5. The molecule has 1 aliphatic heterocycles. The van der Waals surface area contributed by atoms with E-state index < -0.39 is 33.9 Å². The number of anilines is 1. The van der Waals surface area contributed by atoms with Gasteiger partial charge in [0.2, 0.25) is 0 Å². The van der Waals surface area contributed by atoms with Gasteiger partial charge in [-0.25, -0.2) is 13.2 Å². The molecule has 0 saturated carbocycles. The number of amides is 4. The molecule has 14 heteroatoms. The van der Waals surface area contributed by atoms with E-state index in [1.165, 1.54) is 46.6 Å². The summed E-state index contributed by atoms with van der Waals surface area (Å²) in [5.74, 6) is -3.06. The molecule has 4 amide bonds. The highest BCUT2D eigenvalue weighted by Crippen LogP contribution is 2.25. The van der Waals surface area contributed by atoms with Crippen LogP contribution in [0.5, 0.6) is 5.75 Å². The van der Waals surface area contributed by atoms with Crippen LogP contribution in [0.4, 0.5) is 23.7 Å². The number of nitrogens with zero attached hydrogens (tertiary/aromatic N) is 2. The van der Waals surface area contributed by atoms with Crippen molar-refractivity contribution in [2.75, 3.05) is 36.6 Å². The Morgan fingerprint density at radius 1 is 1.03 bits per heavy atom. The number of halogens is 3. The second-order valence-corrected chi connectivity index (χ2v) is 10.1. The van der Waals surface area contributed by atoms with E-state index in [1.807, 2.05) is 0 Å². The quantitative estimate of drug-likeness (QED) is 0.571. The van der Waals surface area contributed by atoms with Crippen LogP contribution in [0.2, 0.25) is 0 Å². The number of sulfone groups is 1. The molecule has 36 heavy (non-hydrogen) atoms. The average Bonchev–Trinajstić information content (AvgIpc) is 2.85. The number of carbonyl (C=O) groups excluding carboxylic acids is 3. The van der Waals surface area contributed by atoms with Crippen molar-refractivity contribution in [3.63, 3.8) is 0 Å². The Labute approximate surface area is 204 Å². The minimum atomic E-state index is -5.15. The number of hydrazine groups is 1. The number of hydrogen-bond acceptors (Lipinski definition) is 6. The lowest BCUT2D eigenvalue weighted by atomic mass is 10.1. The number of hydrogen-bond donors (Lipinski definition) is 2. The average molecular weight is 529 g/mol. The van der Waals surface area contributed by atoms with E-state index in [-0.39, 0.29) is 36.7 Å². The van der Waals surface area contributed by atoms with Gasteiger partial charge in [-0.05, 0) is 29.8 Å². The van der Waals surface area contributed by atoms with Crippen molar-refractivity contribution < 1.29 is 40.7 Å². The molecule has 1 heterocycles. The third-order valence-electron chi connectivity index (χ3n) is 5.31. The third-order valence-corrected chi connectivity index (χ3v) is 6.92. The number of ether oxygens (including phenoxy) is 1. The SMILES string of the molecule is COc1cccc(N(Cc2ccc(C(=O)NNC(=O)C(F)(F)F)cc2)C(=O)N2CCS(=O)(=O)CC2)c1. The molecule has 0 aliphatic carbocycles. The maximum atomic E-state index is 13.3. The summed E-state index contributed by atoms with van der Waals surface area (Å²) in [6.45, 7) is 0.136. The maximum Gasteiger partial charge on any atom is 0.472 e. The molecule has 0 bridgehead atoms. The predicted molar refractivity (Wildman–Crippen MR) is 123 cm³/mol. The Morgan fingerprint density at radius 2 is 1.67 bits per heavy atom. The topological polar surface area (TPSA) is 125 Å². The summed E-state index contributed by atoms with van der Waals surface area (Å²) < 4.78 is 65.6. The first-order valence-electron chi connectivity index (χ1n) is 10.6. The van der Waals surface area contributed by atoms with Crippen LogP contribution in [0.15, 0.2) is 48.5 Å². The lowest BCUT2D eigenvalue weighted by Gasteiger charge is -2.33. The fourth-order valence-corrected chi connectivity index (χ4v) is 4.52. The van der Waals surface area contributed by atoms with Crippen LogP contribution >= 0.6 is 0 Å². The maximum absolute atomic E-state index is 13.3. The van der Waals surface area contributed by atoms with Crippen LogP contribution < -0.4 is 20.5 Å². The highest BCUT2D eigenvalue weighted by atomic mass is 32.2. The van der Waals surface area contributed by atoms with Gasteiger partial charge in [0, 0.05) is 30.4 Å². The molecule has 10 nitrogen and oxygen atoms in total. The van der Waals surface area contributed by atoms with Gasteiger partial charge in [0.05, 0.1) is 25.2 Å². The van der Waals surface area contributed by atoms with E-state index in [4.69, 9.17) is 4.74 Å². The van der Waals surface area contributed by atoms with Gasteiger partial charge in [0.25, 0.3) is 5.91 Å². The summed E-state index contributed by atoms with van der Waals surface area (Å²) in [5.41, 5.74) is 4.00. The fraction of sp³-hybridized carbons (Fsp3) is 0.318. The Morgan fingerprint density at radius 3 is 2.25 bits per heavy atom. The molecule has 0 atom stereocenters. The molecule has 2 aromatic carbocycles. The number of benzene rings is 2. The summed E-state index contributed by atoms with van der Waals surface area (Å²) in [7, 11) is -1.73. The number of alkyl halides is 3. The van der Waals surface area contributed by atoms with E-state index in [0.717, 1.165) is 0 Å². The second-order valence-electron chi connectivity index (χ2n) is 7.81. The van der Waals surface area contributed by atoms with Crippen molar-refractivity contribution in [2.24, 2.45) is 0 Å². The molecule has 1 saturated heterocycles. The van der Waals surface area contributed by atoms with Gasteiger partial charge in [-0.1, -0.05) is 18.2 Å². The number of carbonyl (C=O) groups is 3. The zero-order valence-electron chi connectivity index (χ0n) is 19.0. The van der Waals surface area contributed by atoms with Gasteiger partial charge in [-0.2, -0.15) is 13.2 Å². The molecule has 2 aromatic rings. The van der Waals surface area contributed by atoms with Crippen LogP contribution in [0.3, 0.4) is 0 Å². The van der Waals surface area contributed by atoms with Gasteiger partial charge in [-0.3, -0.25) is 25.3 Å². The molecule has 2 N–H and O–H groups in total. The Balaban J connectivity index is 1.77. The molecular weight excluding hydrogens is 505 g/mol. The van der Waals surface area contributed by atoms with Crippen LogP contribution in [-0.4, -0.2) is 69.0 Å². The smallest absolute Gasteiger partial charge is 0.472 e. The van der Waals surface area contributed by atoms with Gasteiger partial charge in [-0.15, -0.1) is 0 Å². The summed E-state index contributed by atoms with van der Waals surface area (Å²) >= 11 is 0. The largest absolute Gasteiger partial charge is 0.497 e. The van der Waals surface area contributed by atoms with Crippen molar-refractivity contribution in [1.29, 1.82) is 0 Å². The van der Waals surface area contributed by atoms with E-state index in [0.29, 0.717) is 17.0 Å². The lowest BCUT2D eigenvalue weighted by Crippen LogP contribution is -2.49. The summed E-state index contributed by atoms with van der Waals surface area (Å²) in [6.07, 6.45) is -5.15. The van der Waals surface area contributed by atoms with E-state index >= 15 is 0 Å². The standard InChI is InChI=1S/C22H23F3N4O6S/c1-35-18-4-2-3-17(13-18)29(21(32)28-9-11-36(33,34)12-10-28)14-15-5-7-16(8-6-15)19(30)26-27-20(31)22(23,24)25/h2-8,13H,9-12,14H2,1H3,(H,26,30)(H,27,31). The Hall–Kier alpha value is -3.81. The van der Waals surface area contributed by atoms with E-state index in [9.17, 15) is 36.0 Å². The molecule has 0 spiro atoms. The monoisotopic (exact) mass is 528 g/mol. The fourth-order valence-electron chi connectivity index (χ4n) is 3.32. The van der Waals surface area contributed by atoms with Crippen molar-refractivity contribution in [1.82, 2.24) is 15.8 Å². The summed E-state index contributed by atoms with van der Waals surface area (Å²) in [6, 6.07) is 12.0. The number of nitrogens with one attached hydrogen (secondary N) is 2. The zero-order valence-corrected chi connectivity index (χ0v) is 19.9. The van der Waals surface area contributed by atoms with Gasteiger partial charge >= 0.3 is 18.1 Å². The van der Waals surface area contributed by atoms with E-state index in [1.54, 1.807) is 29.7 Å². The van der Waals surface area contributed by atoms with Crippen LogP contribution in [0.1, 0.15) is 15.9 Å². The first kappa shape index (κ1) is 26.8. The highest BCUT2D eigenvalue weighted by molar-refractivity contribution is 7.91. The Kier molecular flexibility index (Phi) is 8.07. The minimum absolute atomic E-state index is 0.0262. The predicted octanol–water partition coefficient (Wildman–Crippen LogP) is 1.88. The molecule has 1 fully saturated rings. The van der Waals surface area contributed by atoms with Gasteiger partial charge in [0.1, 0.15) is 5.75 Å². The van der Waals surface area contributed by atoms with Crippen LogP contribution in [0.25, 0.3) is 0 Å². The molecule has 3 rings (SSSR count). The lowest BCUT2D eigenvalue weighted by molar-refractivity contribution is -0.174. The second kappa shape index (κ2) is 10.8. The normalized spacial score (nSPS) is 15.1. The van der Waals surface area contributed by atoms with Crippen molar-refractivity contribution in [3.8, 4) is 5.75 Å².